The molecule has 2 rings (SSSR count). The van der Waals surface area contributed by atoms with Gasteiger partial charge in [0.15, 0.2) is 0 Å². The summed E-state index contributed by atoms with van der Waals surface area (Å²) in [5.41, 5.74) is 3.29. The lowest BCUT2D eigenvalue weighted by molar-refractivity contribution is 0.0956. The van der Waals surface area contributed by atoms with Crippen molar-refractivity contribution in [1.29, 1.82) is 0 Å². The SMILES string of the molecule is Cc1cc(C)n(CCCNC(=O)c2cc(C)c(Br)s2)n1. The lowest BCUT2D eigenvalue weighted by Crippen LogP contribution is -2.24. The first-order valence-corrected chi connectivity index (χ1v) is 8.13. The number of thiophene rings is 1. The molecule has 0 aliphatic rings. The number of halogens is 1. The topological polar surface area (TPSA) is 46.9 Å². The molecule has 0 aromatic carbocycles. The third kappa shape index (κ3) is 3.70. The Bertz CT molecular complexity index is 598. The molecule has 0 bridgehead atoms. The Labute approximate surface area is 131 Å². The first kappa shape index (κ1) is 15.3. The van der Waals surface area contributed by atoms with Gasteiger partial charge in [-0.1, -0.05) is 0 Å². The minimum atomic E-state index is -0.00262. The second-order valence-electron chi connectivity index (χ2n) is 4.83. The molecule has 0 unspecified atom stereocenters. The maximum atomic E-state index is 11.9. The molecule has 2 heterocycles. The Morgan fingerprint density at radius 2 is 2.15 bits per heavy atom. The van der Waals surface area contributed by atoms with Gasteiger partial charge in [-0.2, -0.15) is 5.10 Å². The minimum absolute atomic E-state index is 0.00262. The average molecular weight is 356 g/mol. The van der Waals surface area contributed by atoms with E-state index in [9.17, 15) is 4.79 Å². The lowest BCUT2D eigenvalue weighted by atomic mass is 10.3. The van der Waals surface area contributed by atoms with Crippen molar-refractivity contribution in [2.24, 2.45) is 0 Å². The molecule has 6 heteroatoms. The van der Waals surface area contributed by atoms with Gasteiger partial charge in [-0.15, -0.1) is 11.3 Å². The van der Waals surface area contributed by atoms with Gasteiger partial charge < -0.3 is 5.32 Å². The molecule has 1 amide bonds. The van der Waals surface area contributed by atoms with E-state index < -0.39 is 0 Å². The Kier molecular flexibility index (Phi) is 4.99. The Balaban J connectivity index is 1.78. The Morgan fingerprint density at radius 3 is 2.70 bits per heavy atom. The van der Waals surface area contributed by atoms with Crippen molar-refractivity contribution < 1.29 is 4.79 Å². The van der Waals surface area contributed by atoms with Crippen molar-refractivity contribution in [2.45, 2.75) is 33.7 Å². The number of hydrogen-bond acceptors (Lipinski definition) is 3. The van der Waals surface area contributed by atoms with E-state index in [-0.39, 0.29) is 5.91 Å². The number of aryl methyl sites for hydroxylation is 4. The molecule has 4 nitrogen and oxygen atoms in total. The average Bonchev–Trinajstić information content (AvgIpc) is 2.88. The van der Waals surface area contributed by atoms with Gasteiger partial charge in [-0.05, 0) is 60.8 Å². The van der Waals surface area contributed by atoms with Gasteiger partial charge in [0.25, 0.3) is 5.91 Å². The molecule has 2 aromatic rings. The molecular weight excluding hydrogens is 338 g/mol. The number of rotatable bonds is 5. The molecule has 0 aliphatic heterocycles. The number of nitrogens with one attached hydrogen (secondary N) is 1. The summed E-state index contributed by atoms with van der Waals surface area (Å²) >= 11 is 4.90. The Morgan fingerprint density at radius 1 is 1.40 bits per heavy atom. The molecule has 0 saturated heterocycles. The van der Waals surface area contributed by atoms with Crippen LogP contribution in [0.3, 0.4) is 0 Å². The fraction of sp³-hybridized carbons (Fsp3) is 0.429. The van der Waals surface area contributed by atoms with Crippen molar-refractivity contribution in [2.75, 3.05) is 6.54 Å². The normalized spacial score (nSPS) is 10.8. The highest BCUT2D eigenvalue weighted by atomic mass is 79.9. The number of carbonyl (C=O) groups is 1. The van der Waals surface area contributed by atoms with Gasteiger partial charge in [0, 0.05) is 18.8 Å². The Hall–Kier alpha value is -1.14. The largest absolute Gasteiger partial charge is 0.351 e. The maximum absolute atomic E-state index is 11.9. The molecule has 2 aromatic heterocycles. The molecule has 20 heavy (non-hydrogen) atoms. The van der Waals surface area contributed by atoms with Crippen LogP contribution in [-0.2, 0) is 6.54 Å². The van der Waals surface area contributed by atoms with E-state index >= 15 is 0 Å². The zero-order valence-electron chi connectivity index (χ0n) is 11.9. The van der Waals surface area contributed by atoms with Crippen LogP contribution in [0.1, 0.15) is 33.0 Å². The highest BCUT2D eigenvalue weighted by Gasteiger charge is 2.10. The van der Waals surface area contributed by atoms with E-state index in [4.69, 9.17) is 0 Å². The van der Waals surface area contributed by atoms with Gasteiger partial charge in [0.1, 0.15) is 0 Å². The highest BCUT2D eigenvalue weighted by molar-refractivity contribution is 9.11. The summed E-state index contributed by atoms with van der Waals surface area (Å²) in [6, 6.07) is 3.97. The highest BCUT2D eigenvalue weighted by Crippen LogP contribution is 2.27. The van der Waals surface area contributed by atoms with Crippen LogP contribution in [0.2, 0.25) is 0 Å². The van der Waals surface area contributed by atoms with Gasteiger partial charge in [-0.25, -0.2) is 0 Å². The van der Waals surface area contributed by atoms with E-state index in [0.717, 1.165) is 38.6 Å². The van der Waals surface area contributed by atoms with Gasteiger partial charge >= 0.3 is 0 Å². The van der Waals surface area contributed by atoms with E-state index in [1.165, 1.54) is 11.3 Å². The minimum Gasteiger partial charge on any atom is -0.351 e. The van der Waals surface area contributed by atoms with Crippen LogP contribution in [0, 0.1) is 20.8 Å². The number of hydrogen-bond donors (Lipinski definition) is 1. The van der Waals surface area contributed by atoms with E-state index in [2.05, 4.69) is 32.4 Å². The van der Waals surface area contributed by atoms with Crippen LogP contribution in [0.4, 0.5) is 0 Å². The molecule has 0 aliphatic carbocycles. The smallest absolute Gasteiger partial charge is 0.261 e. The zero-order chi connectivity index (χ0) is 14.7. The summed E-state index contributed by atoms with van der Waals surface area (Å²) in [5.74, 6) is -0.00262. The van der Waals surface area contributed by atoms with E-state index in [1.807, 2.05) is 31.5 Å². The predicted molar refractivity (Wildman–Crippen MR) is 85.4 cm³/mol. The summed E-state index contributed by atoms with van der Waals surface area (Å²) in [6.45, 7) is 7.51. The number of amides is 1. The molecule has 0 fully saturated rings. The fourth-order valence-corrected chi connectivity index (χ4v) is 3.44. The molecule has 108 valence electrons. The van der Waals surface area contributed by atoms with Crippen LogP contribution in [-0.4, -0.2) is 22.2 Å². The van der Waals surface area contributed by atoms with Crippen molar-refractivity contribution in [3.8, 4) is 0 Å². The fourth-order valence-electron chi connectivity index (χ4n) is 1.99. The van der Waals surface area contributed by atoms with Crippen LogP contribution in [0.15, 0.2) is 15.9 Å². The van der Waals surface area contributed by atoms with Crippen LogP contribution >= 0.6 is 27.3 Å². The standard InChI is InChI=1S/C14H18BrN3OS/c1-9-7-12(20-13(9)15)14(19)16-5-4-6-18-11(3)8-10(2)17-18/h7-8H,4-6H2,1-3H3,(H,16,19). The van der Waals surface area contributed by atoms with Crippen molar-refractivity contribution in [3.63, 3.8) is 0 Å². The van der Waals surface area contributed by atoms with Crippen molar-refractivity contribution in [3.05, 3.63) is 37.7 Å². The maximum Gasteiger partial charge on any atom is 0.261 e. The molecule has 1 N–H and O–H groups in total. The first-order chi connectivity index (χ1) is 9.47. The van der Waals surface area contributed by atoms with Gasteiger partial charge in [0.2, 0.25) is 0 Å². The second kappa shape index (κ2) is 6.54. The molecule has 0 spiro atoms. The number of carbonyl (C=O) groups excluding carboxylic acids is 1. The van der Waals surface area contributed by atoms with Crippen LogP contribution in [0.5, 0.6) is 0 Å². The zero-order valence-corrected chi connectivity index (χ0v) is 14.3. The van der Waals surface area contributed by atoms with Gasteiger partial charge in [0.05, 0.1) is 14.4 Å². The van der Waals surface area contributed by atoms with E-state index in [0.29, 0.717) is 6.54 Å². The number of nitrogens with zero attached hydrogens (tertiary/aromatic N) is 2. The third-order valence-corrected chi connectivity index (χ3v) is 5.15. The molecular formula is C14H18BrN3OS. The third-order valence-electron chi connectivity index (χ3n) is 3.02. The summed E-state index contributed by atoms with van der Waals surface area (Å²) in [6.07, 6.45) is 0.874. The van der Waals surface area contributed by atoms with Crippen molar-refractivity contribution in [1.82, 2.24) is 15.1 Å². The quantitative estimate of drug-likeness (QED) is 0.834. The summed E-state index contributed by atoms with van der Waals surface area (Å²) in [7, 11) is 0. The number of aromatic nitrogens is 2. The summed E-state index contributed by atoms with van der Waals surface area (Å²) in [4.78, 5) is 12.7. The molecule has 0 radical (unpaired) electrons. The summed E-state index contributed by atoms with van der Waals surface area (Å²) in [5, 5.41) is 7.35. The second-order valence-corrected chi connectivity index (χ2v) is 7.20. The molecule has 0 saturated carbocycles. The van der Waals surface area contributed by atoms with Crippen molar-refractivity contribution >= 4 is 33.2 Å². The first-order valence-electron chi connectivity index (χ1n) is 6.52. The monoisotopic (exact) mass is 355 g/mol. The lowest BCUT2D eigenvalue weighted by Gasteiger charge is -2.05. The summed E-state index contributed by atoms with van der Waals surface area (Å²) < 4.78 is 3.00. The predicted octanol–water partition coefficient (Wildman–Crippen LogP) is 3.45. The van der Waals surface area contributed by atoms with Gasteiger partial charge in [-0.3, -0.25) is 9.48 Å². The van der Waals surface area contributed by atoms with E-state index in [1.54, 1.807) is 0 Å². The van der Waals surface area contributed by atoms with Crippen LogP contribution < -0.4 is 5.32 Å². The molecule has 0 atom stereocenters. The van der Waals surface area contributed by atoms with Crippen LogP contribution in [0.25, 0.3) is 0 Å².